The average Bonchev–Trinajstić information content (AvgIpc) is 3.54. The maximum atomic E-state index is 12.4. The molecular weight excluding hydrogens is 436 g/mol. The molecule has 0 amide bonds. The number of rotatable bonds is 7. The fourth-order valence-electron chi connectivity index (χ4n) is 7.79. The zero-order chi connectivity index (χ0) is 25.6. The Balaban J connectivity index is 1.51. The maximum Gasteiger partial charge on any atom is 0.141 e. The van der Waals surface area contributed by atoms with Crippen LogP contribution in [0.25, 0.3) is 0 Å². The highest BCUT2D eigenvalue weighted by molar-refractivity contribution is 5.88. The van der Waals surface area contributed by atoms with Crippen molar-refractivity contribution in [1.82, 2.24) is 0 Å². The minimum absolute atomic E-state index is 0.0669. The van der Waals surface area contributed by atoms with Crippen molar-refractivity contribution in [1.29, 1.82) is 0 Å². The highest BCUT2D eigenvalue weighted by atomic mass is 16.3. The van der Waals surface area contributed by atoms with E-state index in [0.717, 1.165) is 36.8 Å². The summed E-state index contributed by atoms with van der Waals surface area (Å²) in [7, 11) is 0. The quantitative estimate of drug-likeness (QED) is 0.399. The van der Waals surface area contributed by atoms with Gasteiger partial charge in [-0.2, -0.15) is 0 Å². The Morgan fingerprint density at radius 2 is 1.91 bits per heavy atom. The number of hydrogen-bond acceptors (Lipinski definition) is 4. The average molecular weight is 483 g/mol. The molecule has 0 heterocycles. The van der Waals surface area contributed by atoms with Crippen LogP contribution in [0.15, 0.2) is 47.6 Å². The van der Waals surface area contributed by atoms with Gasteiger partial charge in [0.15, 0.2) is 0 Å². The lowest BCUT2D eigenvalue weighted by Crippen LogP contribution is -2.39. The lowest BCUT2D eigenvalue weighted by Gasteiger charge is -2.47. The van der Waals surface area contributed by atoms with Crippen LogP contribution >= 0.6 is 0 Å². The van der Waals surface area contributed by atoms with Crippen molar-refractivity contribution in [2.75, 3.05) is 0 Å². The van der Waals surface area contributed by atoms with E-state index in [4.69, 9.17) is 0 Å². The number of fused-ring (bicyclic) bond motifs is 1. The molecule has 0 unspecified atom stereocenters. The molecule has 6 atom stereocenters. The largest absolute Gasteiger partial charge is 0.393 e. The van der Waals surface area contributed by atoms with Crippen LogP contribution in [0, 0.1) is 28.1 Å². The van der Waals surface area contributed by atoms with Crippen molar-refractivity contribution in [3.63, 3.8) is 0 Å². The molecule has 3 N–H and O–H groups in total. The number of hydrogen-bond donors (Lipinski definition) is 3. The number of aliphatic hydroxyl groups is 3. The molecule has 4 aliphatic rings. The summed E-state index contributed by atoms with van der Waals surface area (Å²) >= 11 is 0. The van der Waals surface area contributed by atoms with Gasteiger partial charge in [-0.3, -0.25) is 4.79 Å². The number of Topliss-reactive ketones (excluding diaryl/α,β-unsaturated/α-hetero) is 1. The number of allylic oxidation sites excluding steroid dienone is 4. The molecule has 4 saturated carbocycles. The third-order valence-electron chi connectivity index (χ3n) is 10.1. The van der Waals surface area contributed by atoms with Crippen molar-refractivity contribution >= 4 is 5.78 Å². The predicted molar refractivity (Wildman–Crippen MR) is 141 cm³/mol. The normalized spacial score (nSPS) is 38.2. The second-order valence-corrected chi connectivity index (χ2v) is 12.7. The Morgan fingerprint density at radius 3 is 2.57 bits per heavy atom. The molecule has 0 bridgehead atoms. The van der Waals surface area contributed by atoms with Crippen LogP contribution in [-0.2, 0) is 4.79 Å². The van der Waals surface area contributed by atoms with Gasteiger partial charge in [-0.05, 0) is 85.2 Å². The van der Waals surface area contributed by atoms with Crippen molar-refractivity contribution in [3.05, 3.63) is 47.6 Å². The number of ketones is 1. The number of aliphatic hydroxyl groups excluding tert-OH is 3. The number of carbonyl (C=O) groups is 1. The highest BCUT2D eigenvalue weighted by Crippen LogP contribution is 2.62. The fourth-order valence-corrected chi connectivity index (χ4v) is 7.79. The molecule has 4 heteroatoms. The van der Waals surface area contributed by atoms with Crippen molar-refractivity contribution in [2.24, 2.45) is 28.1 Å². The monoisotopic (exact) mass is 482 g/mol. The topological polar surface area (TPSA) is 77.8 Å². The molecule has 0 spiro atoms. The standard InChI is InChI=1S/C31H46O4/c1-6-27(34)31(16-17-31)28(35)13-15-29(3,4)26-12-11-24-21(8-7-14-30(24,26)5)9-10-22-18-23(32)19-25(33)20(22)2/h9-10,13,15,23-26,28,32-33,35H,2,6-8,11-12,14,16-19H2,1,3-5H3/b15-13+,21-9+,22-10-/t23-,24+,25+,26-,28+,30+/m1/s1. The van der Waals surface area contributed by atoms with Gasteiger partial charge in [-0.15, -0.1) is 0 Å². The van der Waals surface area contributed by atoms with E-state index in [1.165, 1.54) is 24.8 Å². The molecule has 4 aliphatic carbocycles. The SMILES string of the molecule is C=C1/C(=C\C=C2/CCC[C@]3(C)[C@@H](C(C)(C)/C=C/[C@H](O)C4(C(=O)CC)CC4)CC[C@@H]23)C[C@@H](O)C[C@@H]1O. The Kier molecular flexibility index (Phi) is 7.41. The zero-order valence-electron chi connectivity index (χ0n) is 22.2. The van der Waals surface area contributed by atoms with Gasteiger partial charge in [-0.25, -0.2) is 0 Å². The van der Waals surface area contributed by atoms with Gasteiger partial charge in [0, 0.05) is 12.8 Å². The fraction of sp³-hybridized carbons (Fsp3) is 0.710. The van der Waals surface area contributed by atoms with Crippen LogP contribution in [0.5, 0.6) is 0 Å². The van der Waals surface area contributed by atoms with E-state index in [0.29, 0.717) is 31.1 Å². The second kappa shape index (κ2) is 9.76. The van der Waals surface area contributed by atoms with Crippen LogP contribution in [-0.4, -0.2) is 39.4 Å². The van der Waals surface area contributed by atoms with Crippen molar-refractivity contribution in [2.45, 2.75) is 110 Å². The molecule has 0 aliphatic heterocycles. The molecule has 0 aromatic heterocycles. The summed E-state index contributed by atoms with van der Waals surface area (Å²) in [5, 5.41) is 31.2. The lowest BCUT2D eigenvalue weighted by atomic mass is 9.57. The molecular formula is C31H46O4. The zero-order valence-corrected chi connectivity index (χ0v) is 22.2. The van der Waals surface area contributed by atoms with E-state index < -0.39 is 23.7 Å². The molecule has 4 nitrogen and oxygen atoms in total. The van der Waals surface area contributed by atoms with E-state index in [9.17, 15) is 20.1 Å². The molecule has 194 valence electrons. The molecule has 0 radical (unpaired) electrons. The molecule has 35 heavy (non-hydrogen) atoms. The summed E-state index contributed by atoms with van der Waals surface area (Å²) in [6.07, 6.45) is 15.5. The van der Waals surface area contributed by atoms with Crippen LogP contribution < -0.4 is 0 Å². The number of carbonyl (C=O) groups excluding carboxylic acids is 1. The first-order chi connectivity index (χ1) is 16.4. The second-order valence-electron chi connectivity index (χ2n) is 12.7. The Labute approximate surface area is 211 Å². The third-order valence-corrected chi connectivity index (χ3v) is 10.1. The van der Waals surface area contributed by atoms with Crippen molar-refractivity contribution in [3.8, 4) is 0 Å². The van der Waals surface area contributed by atoms with E-state index in [1.54, 1.807) is 0 Å². The van der Waals surface area contributed by atoms with Gasteiger partial charge in [0.1, 0.15) is 5.78 Å². The molecule has 0 saturated heterocycles. The predicted octanol–water partition coefficient (Wildman–Crippen LogP) is 5.83. The first-order valence-corrected chi connectivity index (χ1v) is 13.8. The minimum Gasteiger partial charge on any atom is -0.393 e. The summed E-state index contributed by atoms with van der Waals surface area (Å²) in [5.41, 5.74) is 2.81. The van der Waals surface area contributed by atoms with Gasteiger partial charge in [0.05, 0.1) is 23.7 Å². The molecule has 0 aromatic rings. The van der Waals surface area contributed by atoms with Gasteiger partial charge in [0.25, 0.3) is 0 Å². The Morgan fingerprint density at radius 1 is 1.20 bits per heavy atom. The summed E-state index contributed by atoms with van der Waals surface area (Å²) in [4.78, 5) is 12.4. The van der Waals surface area contributed by atoms with Crippen LogP contribution in [0.1, 0.15) is 91.9 Å². The van der Waals surface area contributed by atoms with Gasteiger partial charge >= 0.3 is 0 Å². The van der Waals surface area contributed by atoms with Crippen LogP contribution in [0.3, 0.4) is 0 Å². The maximum absolute atomic E-state index is 12.4. The van der Waals surface area contributed by atoms with E-state index >= 15 is 0 Å². The third kappa shape index (κ3) is 4.91. The van der Waals surface area contributed by atoms with E-state index in [1.807, 2.05) is 13.0 Å². The molecule has 0 aromatic carbocycles. The lowest BCUT2D eigenvalue weighted by molar-refractivity contribution is -0.126. The summed E-state index contributed by atoms with van der Waals surface area (Å²) in [6.45, 7) is 13.0. The Hall–Kier alpha value is -1.49. The first-order valence-electron chi connectivity index (χ1n) is 13.8. The summed E-state index contributed by atoms with van der Waals surface area (Å²) < 4.78 is 0. The van der Waals surface area contributed by atoms with Crippen LogP contribution in [0.4, 0.5) is 0 Å². The molecule has 4 fully saturated rings. The van der Waals surface area contributed by atoms with E-state index in [2.05, 4.69) is 45.6 Å². The van der Waals surface area contributed by atoms with Gasteiger partial charge in [-0.1, -0.05) is 64.2 Å². The molecule has 4 rings (SSSR count). The Bertz CT molecular complexity index is 934. The van der Waals surface area contributed by atoms with Gasteiger partial charge < -0.3 is 15.3 Å². The highest BCUT2D eigenvalue weighted by Gasteiger charge is 2.55. The van der Waals surface area contributed by atoms with Crippen molar-refractivity contribution < 1.29 is 20.1 Å². The first kappa shape index (κ1) is 26.6. The minimum atomic E-state index is -0.679. The summed E-state index contributed by atoms with van der Waals surface area (Å²) in [6, 6.07) is 0. The smallest absolute Gasteiger partial charge is 0.141 e. The van der Waals surface area contributed by atoms with E-state index in [-0.39, 0.29) is 16.6 Å². The summed E-state index contributed by atoms with van der Waals surface area (Å²) in [5.74, 6) is 1.22. The van der Waals surface area contributed by atoms with Gasteiger partial charge in [0.2, 0.25) is 0 Å². The van der Waals surface area contributed by atoms with Crippen LogP contribution in [0.2, 0.25) is 0 Å².